The van der Waals surface area contributed by atoms with E-state index < -0.39 is 17.7 Å². The molecule has 31 heavy (non-hydrogen) atoms. The first-order valence-electron chi connectivity index (χ1n) is 10.1. The Morgan fingerprint density at radius 2 is 1.90 bits per heavy atom. The van der Waals surface area contributed by atoms with Crippen LogP contribution in [-0.2, 0) is 16.0 Å². The summed E-state index contributed by atoms with van der Waals surface area (Å²) >= 11 is 0. The Morgan fingerprint density at radius 3 is 2.65 bits per heavy atom. The standard InChI is InChI=1S/C25H20N2O4/c1-15-12-18-13-16(9-10-20(18)31-15)23(28)21-22(17-6-5-11-26-14-17)27(25(30)24(21)29)19-7-3-2-4-8-19/h2-11,13-15,22,28H,12H2,1H3/b23-21-. The van der Waals surface area contributed by atoms with Crippen LogP contribution in [0.1, 0.15) is 29.7 Å². The number of amides is 1. The minimum atomic E-state index is -0.778. The van der Waals surface area contributed by atoms with Gasteiger partial charge in [-0.15, -0.1) is 0 Å². The van der Waals surface area contributed by atoms with Crippen LogP contribution in [0, 0.1) is 0 Å². The van der Waals surface area contributed by atoms with Crippen LogP contribution in [0.5, 0.6) is 5.75 Å². The second kappa shape index (κ2) is 7.40. The highest BCUT2D eigenvalue weighted by Crippen LogP contribution is 2.42. The molecule has 5 rings (SSSR count). The van der Waals surface area contributed by atoms with Crippen molar-refractivity contribution in [2.24, 2.45) is 0 Å². The minimum absolute atomic E-state index is 0.0498. The summed E-state index contributed by atoms with van der Waals surface area (Å²) in [5.74, 6) is -0.828. The number of hydrogen-bond acceptors (Lipinski definition) is 5. The molecule has 1 fully saturated rings. The van der Waals surface area contributed by atoms with Crippen molar-refractivity contribution in [3.8, 4) is 5.75 Å². The summed E-state index contributed by atoms with van der Waals surface area (Å²) in [6.45, 7) is 1.98. The van der Waals surface area contributed by atoms with E-state index in [1.165, 1.54) is 4.90 Å². The Bertz CT molecular complexity index is 1200. The van der Waals surface area contributed by atoms with E-state index in [2.05, 4.69) is 4.98 Å². The number of carbonyl (C=O) groups excluding carboxylic acids is 2. The summed E-state index contributed by atoms with van der Waals surface area (Å²) in [4.78, 5) is 31.8. The molecule has 0 bridgehead atoms. The number of Topliss-reactive ketones (excluding diaryl/α,β-unsaturated/α-hetero) is 1. The summed E-state index contributed by atoms with van der Waals surface area (Å²) in [5.41, 5.74) is 2.72. The van der Waals surface area contributed by atoms with Crippen molar-refractivity contribution < 1.29 is 19.4 Å². The maximum absolute atomic E-state index is 13.1. The van der Waals surface area contributed by atoms with E-state index in [-0.39, 0.29) is 17.4 Å². The Labute approximate surface area is 179 Å². The van der Waals surface area contributed by atoms with E-state index >= 15 is 0 Å². The maximum Gasteiger partial charge on any atom is 0.300 e. The van der Waals surface area contributed by atoms with Crippen LogP contribution < -0.4 is 9.64 Å². The molecule has 2 unspecified atom stereocenters. The Hall–Kier alpha value is -3.93. The van der Waals surface area contributed by atoms with Gasteiger partial charge in [-0.2, -0.15) is 0 Å². The zero-order valence-electron chi connectivity index (χ0n) is 16.9. The molecule has 0 radical (unpaired) electrons. The lowest BCUT2D eigenvalue weighted by Crippen LogP contribution is -2.29. The lowest BCUT2D eigenvalue weighted by atomic mass is 9.95. The highest BCUT2D eigenvalue weighted by atomic mass is 16.5. The first-order chi connectivity index (χ1) is 15.0. The van der Waals surface area contributed by atoms with Crippen molar-refractivity contribution in [1.82, 2.24) is 4.98 Å². The van der Waals surface area contributed by atoms with Gasteiger partial charge in [-0.25, -0.2) is 0 Å². The number of ketones is 1. The average Bonchev–Trinajstić information content (AvgIpc) is 3.30. The molecule has 0 aliphatic carbocycles. The summed E-state index contributed by atoms with van der Waals surface area (Å²) in [6.07, 6.45) is 4.02. The molecule has 2 aliphatic heterocycles. The van der Waals surface area contributed by atoms with E-state index in [9.17, 15) is 14.7 Å². The van der Waals surface area contributed by atoms with Crippen molar-refractivity contribution in [2.45, 2.75) is 25.5 Å². The molecule has 154 valence electrons. The van der Waals surface area contributed by atoms with Crippen molar-refractivity contribution in [2.75, 3.05) is 4.90 Å². The van der Waals surface area contributed by atoms with Gasteiger partial charge in [0.15, 0.2) is 0 Å². The lowest BCUT2D eigenvalue weighted by Gasteiger charge is -2.25. The second-order valence-electron chi connectivity index (χ2n) is 7.75. The highest BCUT2D eigenvalue weighted by Gasteiger charge is 2.47. The smallest absolute Gasteiger partial charge is 0.300 e. The molecule has 1 saturated heterocycles. The SMILES string of the molecule is CC1Cc2cc(/C(O)=C3/C(=O)C(=O)N(c4ccccc4)C3c3cccnc3)ccc2O1. The van der Waals surface area contributed by atoms with E-state index in [0.29, 0.717) is 16.8 Å². The van der Waals surface area contributed by atoms with Gasteiger partial charge in [0.1, 0.15) is 17.6 Å². The third kappa shape index (κ3) is 3.17. The van der Waals surface area contributed by atoms with Gasteiger partial charge in [-0.1, -0.05) is 24.3 Å². The normalized spacial score (nSPS) is 21.8. The summed E-state index contributed by atoms with van der Waals surface area (Å²) in [6, 6.07) is 17.1. The van der Waals surface area contributed by atoms with Gasteiger partial charge in [-0.05, 0) is 54.4 Å². The number of carbonyl (C=O) groups is 2. The van der Waals surface area contributed by atoms with E-state index in [1.807, 2.05) is 19.1 Å². The zero-order chi connectivity index (χ0) is 21.5. The molecule has 6 nitrogen and oxygen atoms in total. The molecule has 3 heterocycles. The van der Waals surface area contributed by atoms with Crippen molar-refractivity contribution in [3.63, 3.8) is 0 Å². The van der Waals surface area contributed by atoms with E-state index in [0.717, 1.165) is 17.7 Å². The number of aliphatic hydroxyl groups excluding tert-OH is 1. The summed E-state index contributed by atoms with van der Waals surface area (Å²) < 4.78 is 5.74. The molecule has 2 atom stereocenters. The Morgan fingerprint density at radius 1 is 1.10 bits per heavy atom. The Kier molecular flexibility index (Phi) is 4.55. The molecule has 2 aromatic carbocycles. The molecule has 1 N–H and O–H groups in total. The summed E-state index contributed by atoms with van der Waals surface area (Å²) in [7, 11) is 0. The molecule has 3 aromatic rings. The fourth-order valence-electron chi connectivity index (χ4n) is 4.27. The summed E-state index contributed by atoms with van der Waals surface area (Å²) in [5, 5.41) is 11.2. The molecule has 2 aliphatic rings. The second-order valence-corrected chi connectivity index (χ2v) is 7.75. The minimum Gasteiger partial charge on any atom is -0.507 e. The number of aromatic nitrogens is 1. The van der Waals surface area contributed by atoms with Crippen LogP contribution in [0.4, 0.5) is 5.69 Å². The van der Waals surface area contributed by atoms with Gasteiger partial charge in [0.25, 0.3) is 11.7 Å². The van der Waals surface area contributed by atoms with Crippen molar-refractivity contribution in [1.29, 1.82) is 0 Å². The number of aliphatic hydroxyl groups is 1. The van der Waals surface area contributed by atoms with Crippen molar-refractivity contribution in [3.05, 3.63) is 95.3 Å². The monoisotopic (exact) mass is 412 g/mol. The van der Waals surface area contributed by atoms with Crippen LogP contribution in [0.25, 0.3) is 5.76 Å². The third-order valence-corrected chi connectivity index (χ3v) is 5.65. The predicted molar refractivity (Wildman–Crippen MR) is 116 cm³/mol. The average molecular weight is 412 g/mol. The molecule has 6 heteroatoms. The van der Waals surface area contributed by atoms with Gasteiger partial charge in [0.05, 0.1) is 11.6 Å². The van der Waals surface area contributed by atoms with Gasteiger partial charge < -0.3 is 9.84 Å². The van der Waals surface area contributed by atoms with E-state index in [1.54, 1.807) is 60.9 Å². The molecule has 0 spiro atoms. The highest BCUT2D eigenvalue weighted by molar-refractivity contribution is 6.51. The number of ether oxygens (including phenoxy) is 1. The number of anilines is 1. The van der Waals surface area contributed by atoms with Crippen LogP contribution in [0.2, 0.25) is 0 Å². The fourth-order valence-corrected chi connectivity index (χ4v) is 4.27. The lowest BCUT2D eigenvalue weighted by molar-refractivity contribution is -0.132. The molecular formula is C25H20N2O4. The van der Waals surface area contributed by atoms with Gasteiger partial charge in [-0.3, -0.25) is 19.5 Å². The third-order valence-electron chi connectivity index (χ3n) is 5.65. The quantitative estimate of drug-likeness (QED) is 0.399. The first-order valence-corrected chi connectivity index (χ1v) is 10.1. The van der Waals surface area contributed by atoms with Gasteiger partial charge in [0.2, 0.25) is 0 Å². The number of pyridine rings is 1. The van der Waals surface area contributed by atoms with Gasteiger partial charge in [0, 0.05) is 30.1 Å². The number of para-hydroxylation sites is 1. The molecule has 1 aromatic heterocycles. The number of nitrogens with zero attached hydrogens (tertiary/aromatic N) is 2. The van der Waals surface area contributed by atoms with Gasteiger partial charge >= 0.3 is 0 Å². The van der Waals surface area contributed by atoms with Crippen LogP contribution in [0.3, 0.4) is 0 Å². The molecular weight excluding hydrogens is 392 g/mol. The van der Waals surface area contributed by atoms with E-state index in [4.69, 9.17) is 4.74 Å². The first kappa shape index (κ1) is 19.1. The molecule has 1 amide bonds. The fraction of sp³-hybridized carbons (Fsp3) is 0.160. The number of hydrogen-bond donors (Lipinski definition) is 1. The largest absolute Gasteiger partial charge is 0.507 e. The predicted octanol–water partition coefficient (Wildman–Crippen LogP) is 4.03. The topological polar surface area (TPSA) is 79.7 Å². The van der Waals surface area contributed by atoms with Crippen molar-refractivity contribution >= 4 is 23.1 Å². The maximum atomic E-state index is 13.1. The van der Waals surface area contributed by atoms with Crippen LogP contribution in [-0.4, -0.2) is 27.9 Å². The Balaban J connectivity index is 1.68. The van der Waals surface area contributed by atoms with Crippen LogP contribution in [0.15, 0.2) is 78.6 Å². The molecule has 0 saturated carbocycles. The zero-order valence-corrected chi connectivity index (χ0v) is 16.9. The van der Waals surface area contributed by atoms with Crippen LogP contribution >= 0.6 is 0 Å². The number of fused-ring (bicyclic) bond motifs is 1. The number of rotatable bonds is 3. The number of benzene rings is 2.